The molecule has 0 aliphatic heterocycles. The van der Waals surface area contributed by atoms with E-state index in [-0.39, 0.29) is 11.0 Å². The second-order valence-corrected chi connectivity index (χ2v) is 6.43. The summed E-state index contributed by atoms with van der Waals surface area (Å²) in [4.78, 5) is 9.02. The van der Waals surface area contributed by atoms with Crippen LogP contribution in [0.5, 0.6) is 0 Å². The Morgan fingerprint density at radius 2 is 2.16 bits per heavy atom. The van der Waals surface area contributed by atoms with Crippen LogP contribution in [0.3, 0.4) is 0 Å². The van der Waals surface area contributed by atoms with E-state index in [0.29, 0.717) is 5.96 Å². The maximum atomic E-state index is 5.94. The summed E-state index contributed by atoms with van der Waals surface area (Å²) in [6.45, 7) is 6.95. The molecule has 0 amide bonds. The number of hydrogen-bond donors (Lipinski definition) is 2. The molecule has 3 N–H and O–H groups in total. The summed E-state index contributed by atoms with van der Waals surface area (Å²) >= 11 is 0. The first-order chi connectivity index (χ1) is 8.91. The molecule has 0 atom stereocenters. The van der Waals surface area contributed by atoms with Crippen LogP contribution >= 0.6 is 0 Å². The smallest absolute Gasteiger partial charge is 0.189 e. The van der Waals surface area contributed by atoms with Crippen molar-refractivity contribution in [1.82, 2.24) is 10.3 Å². The molecular formula is C15H24N4. The lowest BCUT2D eigenvalue weighted by molar-refractivity contribution is 0.246. The lowest BCUT2D eigenvalue weighted by Gasteiger charge is -2.40. The van der Waals surface area contributed by atoms with Crippen molar-refractivity contribution < 1.29 is 0 Å². The van der Waals surface area contributed by atoms with Crippen LogP contribution in [0.25, 0.3) is 0 Å². The van der Waals surface area contributed by atoms with Gasteiger partial charge in [-0.3, -0.25) is 9.98 Å². The van der Waals surface area contributed by atoms with Gasteiger partial charge >= 0.3 is 0 Å². The maximum Gasteiger partial charge on any atom is 0.189 e. The largest absolute Gasteiger partial charge is 0.370 e. The molecule has 19 heavy (non-hydrogen) atoms. The van der Waals surface area contributed by atoms with Crippen LogP contribution in [-0.4, -0.2) is 23.0 Å². The average molecular weight is 260 g/mol. The van der Waals surface area contributed by atoms with Crippen molar-refractivity contribution in [3.05, 3.63) is 30.1 Å². The molecule has 0 radical (unpaired) electrons. The highest BCUT2D eigenvalue weighted by Crippen LogP contribution is 2.42. The fourth-order valence-corrected chi connectivity index (χ4v) is 2.44. The van der Waals surface area contributed by atoms with Gasteiger partial charge in [-0.25, -0.2) is 0 Å². The van der Waals surface area contributed by atoms with Gasteiger partial charge in [-0.15, -0.1) is 0 Å². The Balaban J connectivity index is 2.06. The number of pyridine rings is 1. The highest BCUT2D eigenvalue weighted by molar-refractivity contribution is 5.78. The van der Waals surface area contributed by atoms with Gasteiger partial charge in [0.2, 0.25) is 0 Å². The lowest BCUT2D eigenvalue weighted by Crippen LogP contribution is -2.46. The van der Waals surface area contributed by atoms with Gasteiger partial charge in [0.15, 0.2) is 5.96 Å². The zero-order chi connectivity index (χ0) is 13.9. The minimum Gasteiger partial charge on any atom is -0.370 e. The van der Waals surface area contributed by atoms with Crippen LogP contribution in [0, 0.1) is 0 Å². The third-order valence-corrected chi connectivity index (χ3v) is 3.57. The third-order valence-electron chi connectivity index (χ3n) is 3.57. The second-order valence-electron chi connectivity index (χ2n) is 6.43. The zero-order valence-corrected chi connectivity index (χ0v) is 12.1. The van der Waals surface area contributed by atoms with E-state index < -0.39 is 0 Å². The Kier molecular flexibility index (Phi) is 3.78. The molecule has 0 aromatic carbocycles. The van der Waals surface area contributed by atoms with Gasteiger partial charge in [-0.2, -0.15) is 0 Å². The first kappa shape index (κ1) is 13.8. The summed E-state index contributed by atoms with van der Waals surface area (Å²) in [5.74, 6) is 0.523. The van der Waals surface area contributed by atoms with Gasteiger partial charge in [-0.05, 0) is 45.7 Å². The molecule has 1 heterocycles. The highest BCUT2D eigenvalue weighted by Gasteiger charge is 2.39. The fourth-order valence-electron chi connectivity index (χ4n) is 2.44. The lowest BCUT2D eigenvalue weighted by atomic mass is 9.66. The molecule has 4 heteroatoms. The Labute approximate surface area is 115 Å². The van der Waals surface area contributed by atoms with Crippen molar-refractivity contribution in [2.75, 3.05) is 6.54 Å². The van der Waals surface area contributed by atoms with E-state index in [9.17, 15) is 0 Å². The summed E-state index contributed by atoms with van der Waals surface area (Å²) < 4.78 is 0. The molecule has 1 saturated carbocycles. The number of nitrogens with two attached hydrogens (primary N) is 1. The number of hydrogen-bond acceptors (Lipinski definition) is 2. The van der Waals surface area contributed by atoms with E-state index >= 15 is 0 Å². The molecule has 0 saturated heterocycles. The molecule has 1 aliphatic rings. The topological polar surface area (TPSA) is 63.3 Å². The normalized spacial score (nSPS) is 18.8. The molecule has 0 spiro atoms. The van der Waals surface area contributed by atoms with E-state index in [1.54, 1.807) is 0 Å². The van der Waals surface area contributed by atoms with Gasteiger partial charge in [-0.1, -0.05) is 12.5 Å². The summed E-state index contributed by atoms with van der Waals surface area (Å²) in [5, 5.41) is 3.20. The molecule has 1 aromatic heterocycles. The predicted octanol–water partition coefficient (Wildman–Crippen LogP) is 2.21. The minimum atomic E-state index is -0.0502. The Morgan fingerprint density at radius 1 is 1.42 bits per heavy atom. The highest BCUT2D eigenvalue weighted by atomic mass is 15.1. The summed E-state index contributed by atoms with van der Waals surface area (Å²) in [6.07, 6.45) is 5.40. The van der Waals surface area contributed by atoms with Crippen molar-refractivity contribution >= 4 is 5.96 Å². The van der Waals surface area contributed by atoms with Gasteiger partial charge in [0.1, 0.15) is 0 Å². The average Bonchev–Trinajstić information content (AvgIpc) is 2.26. The third kappa shape index (κ3) is 3.46. The van der Waals surface area contributed by atoms with Gasteiger partial charge < -0.3 is 11.1 Å². The molecular weight excluding hydrogens is 236 g/mol. The molecule has 0 unspecified atom stereocenters. The van der Waals surface area contributed by atoms with Crippen LogP contribution in [0.4, 0.5) is 0 Å². The SMILES string of the molecule is CC(C)(C)NC(N)=NCC1(c2ccccn2)CCC1. The first-order valence-corrected chi connectivity index (χ1v) is 6.91. The number of aliphatic imine (C=N–C) groups is 1. The molecule has 1 fully saturated rings. The van der Waals surface area contributed by atoms with Gasteiger partial charge in [0.05, 0.1) is 6.54 Å². The fraction of sp³-hybridized carbons (Fsp3) is 0.600. The monoisotopic (exact) mass is 260 g/mol. The van der Waals surface area contributed by atoms with E-state index in [0.717, 1.165) is 25.1 Å². The Hall–Kier alpha value is -1.58. The first-order valence-electron chi connectivity index (χ1n) is 6.91. The van der Waals surface area contributed by atoms with Gasteiger partial charge in [0, 0.05) is 22.8 Å². The van der Waals surface area contributed by atoms with Crippen LogP contribution in [0.2, 0.25) is 0 Å². The molecule has 104 valence electrons. The number of aromatic nitrogens is 1. The molecule has 0 bridgehead atoms. The summed E-state index contributed by atoms with van der Waals surface area (Å²) in [5.41, 5.74) is 7.14. The molecule has 4 nitrogen and oxygen atoms in total. The molecule has 2 rings (SSSR count). The number of nitrogens with zero attached hydrogens (tertiary/aromatic N) is 2. The van der Waals surface area contributed by atoms with Crippen LogP contribution < -0.4 is 11.1 Å². The van der Waals surface area contributed by atoms with Crippen LogP contribution in [0.1, 0.15) is 45.7 Å². The standard InChI is InChI=1S/C15H24N4/c1-14(2,3)19-13(16)18-11-15(8-6-9-15)12-7-4-5-10-17-12/h4-5,7,10H,6,8-9,11H2,1-3H3,(H3,16,18,19). The number of nitrogens with one attached hydrogen (secondary N) is 1. The molecule has 1 aliphatic carbocycles. The van der Waals surface area contributed by atoms with Crippen molar-refractivity contribution in [2.45, 2.75) is 51.0 Å². The molecule has 1 aromatic rings. The van der Waals surface area contributed by atoms with Crippen LogP contribution in [-0.2, 0) is 5.41 Å². The second kappa shape index (κ2) is 5.19. The van der Waals surface area contributed by atoms with Crippen molar-refractivity contribution in [3.63, 3.8) is 0 Å². The predicted molar refractivity (Wildman–Crippen MR) is 79.1 cm³/mol. The Bertz CT molecular complexity index is 441. The zero-order valence-electron chi connectivity index (χ0n) is 12.1. The summed E-state index contributed by atoms with van der Waals surface area (Å²) in [6, 6.07) is 6.10. The maximum absolute atomic E-state index is 5.94. The van der Waals surface area contributed by atoms with Gasteiger partial charge in [0.25, 0.3) is 0 Å². The minimum absolute atomic E-state index is 0.0502. The van der Waals surface area contributed by atoms with E-state index in [2.05, 4.69) is 42.1 Å². The number of rotatable bonds is 3. The Morgan fingerprint density at radius 3 is 2.63 bits per heavy atom. The van der Waals surface area contributed by atoms with Crippen LogP contribution in [0.15, 0.2) is 29.4 Å². The quantitative estimate of drug-likeness (QED) is 0.647. The van der Waals surface area contributed by atoms with Crippen molar-refractivity contribution in [3.8, 4) is 0 Å². The number of guanidine groups is 1. The van der Waals surface area contributed by atoms with Crippen molar-refractivity contribution in [1.29, 1.82) is 0 Å². The van der Waals surface area contributed by atoms with E-state index in [4.69, 9.17) is 5.73 Å². The summed E-state index contributed by atoms with van der Waals surface area (Å²) in [7, 11) is 0. The van der Waals surface area contributed by atoms with E-state index in [1.807, 2.05) is 18.3 Å². The van der Waals surface area contributed by atoms with E-state index in [1.165, 1.54) is 6.42 Å². The van der Waals surface area contributed by atoms with Crippen molar-refractivity contribution in [2.24, 2.45) is 10.7 Å².